The van der Waals surface area contributed by atoms with Gasteiger partial charge in [0.1, 0.15) is 5.75 Å². The normalized spacial score (nSPS) is 11.4. The van der Waals surface area contributed by atoms with E-state index in [0.717, 1.165) is 11.3 Å². The van der Waals surface area contributed by atoms with E-state index >= 15 is 0 Å². The third-order valence-corrected chi connectivity index (χ3v) is 2.43. The smallest absolute Gasteiger partial charge is 0.335 e. The monoisotopic (exact) mass is 230 g/mol. The first-order valence-electron chi connectivity index (χ1n) is 4.46. The highest BCUT2D eigenvalue weighted by atomic mass is 31.2. The average molecular weight is 230 g/mol. The Morgan fingerprint density at radius 2 is 1.87 bits per heavy atom. The Hall–Kier alpha value is -0.870. The second kappa shape index (κ2) is 5.28. The summed E-state index contributed by atoms with van der Waals surface area (Å²) in [6.45, 7) is 0.247. The Labute approximate surface area is 88.9 Å². The number of ether oxygens (including phenoxy) is 1. The minimum Gasteiger partial charge on any atom is -0.497 e. The molecule has 0 amide bonds. The van der Waals surface area contributed by atoms with E-state index in [4.69, 9.17) is 20.3 Å². The molecular formula is C9H15N2O3P. The fourth-order valence-corrected chi connectivity index (χ4v) is 1.48. The second-order valence-corrected chi connectivity index (χ2v) is 4.63. The zero-order valence-electron chi connectivity index (χ0n) is 8.55. The molecule has 0 radical (unpaired) electrons. The van der Waals surface area contributed by atoms with Gasteiger partial charge in [0.15, 0.2) is 0 Å². The van der Waals surface area contributed by atoms with Crippen molar-refractivity contribution in [1.29, 1.82) is 0 Å². The van der Waals surface area contributed by atoms with Crippen LogP contribution in [0.4, 0.5) is 0 Å². The molecule has 0 heterocycles. The SMILES string of the molecule is COc1ccc(CCOP(N)(N)=O)cc1. The van der Waals surface area contributed by atoms with Crippen molar-refractivity contribution in [2.24, 2.45) is 11.0 Å². The largest absolute Gasteiger partial charge is 0.497 e. The molecule has 1 rings (SSSR count). The number of rotatable bonds is 5. The van der Waals surface area contributed by atoms with Gasteiger partial charge in [-0.25, -0.2) is 11.0 Å². The van der Waals surface area contributed by atoms with Gasteiger partial charge in [0.05, 0.1) is 13.7 Å². The third kappa shape index (κ3) is 4.95. The number of nitrogens with two attached hydrogens (primary N) is 2. The van der Waals surface area contributed by atoms with Crippen LogP contribution in [-0.4, -0.2) is 13.7 Å². The zero-order chi connectivity index (χ0) is 11.3. The lowest BCUT2D eigenvalue weighted by Gasteiger charge is -2.07. The van der Waals surface area contributed by atoms with Crippen LogP contribution in [0.1, 0.15) is 5.56 Å². The highest BCUT2D eigenvalue weighted by Gasteiger charge is 2.07. The van der Waals surface area contributed by atoms with E-state index < -0.39 is 7.67 Å². The van der Waals surface area contributed by atoms with E-state index in [9.17, 15) is 4.57 Å². The van der Waals surface area contributed by atoms with Crippen molar-refractivity contribution in [3.63, 3.8) is 0 Å². The summed E-state index contributed by atoms with van der Waals surface area (Å²) in [6, 6.07) is 7.50. The van der Waals surface area contributed by atoms with Crippen molar-refractivity contribution in [3.8, 4) is 5.75 Å². The summed E-state index contributed by atoms with van der Waals surface area (Å²) >= 11 is 0. The molecule has 15 heavy (non-hydrogen) atoms. The second-order valence-electron chi connectivity index (χ2n) is 3.08. The Kier molecular flexibility index (Phi) is 4.29. The molecule has 84 valence electrons. The van der Waals surface area contributed by atoms with Gasteiger partial charge in [0, 0.05) is 0 Å². The lowest BCUT2D eigenvalue weighted by molar-refractivity contribution is 0.318. The highest BCUT2D eigenvalue weighted by molar-refractivity contribution is 7.53. The molecule has 0 bridgehead atoms. The van der Waals surface area contributed by atoms with Crippen LogP contribution in [0.15, 0.2) is 24.3 Å². The minimum atomic E-state index is -3.34. The molecule has 5 nitrogen and oxygen atoms in total. The molecule has 0 aliphatic carbocycles. The van der Waals surface area contributed by atoms with E-state index in [0.29, 0.717) is 6.42 Å². The fraction of sp³-hybridized carbons (Fsp3) is 0.333. The third-order valence-electron chi connectivity index (χ3n) is 1.84. The van der Waals surface area contributed by atoms with E-state index in [1.165, 1.54) is 0 Å². The van der Waals surface area contributed by atoms with Crippen molar-refractivity contribution >= 4 is 7.67 Å². The van der Waals surface area contributed by atoms with Crippen molar-refractivity contribution in [2.75, 3.05) is 13.7 Å². The summed E-state index contributed by atoms with van der Waals surface area (Å²) in [5.74, 6) is 0.794. The molecule has 0 fully saturated rings. The lowest BCUT2D eigenvalue weighted by Crippen LogP contribution is -2.10. The maximum absolute atomic E-state index is 10.8. The van der Waals surface area contributed by atoms with Gasteiger partial charge in [-0.2, -0.15) is 0 Å². The predicted octanol–water partition coefficient (Wildman–Crippen LogP) is 1.28. The molecule has 1 aromatic rings. The lowest BCUT2D eigenvalue weighted by atomic mass is 10.1. The minimum absolute atomic E-state index is 0.247. The van der Waals surface area contributed by atoms with Gasteiger partial charge in [0.2, 0.25) is 0 Å². The Morgan fingerprint density at radius 3 is 2.33 bits per heavy atom. The van der Waals surface area contributed by atoms with Gasteiger partial charge >= 0.3 is 7.67 Å². The van der Waals surface area contributed by atoms with Crippen LogP contribution in [0, 0.1) is 0 Å². The quantitative estimate of drug-likeness (QED) is 0.744. The molecule has 0 atom stereocenters. The molecule has 4 N–H and O–H groups in total. The van der Waals surface area contributed by atoms with E-state index in [-0.39, 0.29) is 6.61 Å². The van der Waals surface area contributed by atoms with Gasteiger partial charge < -0.3 is 9.26 Å². The van der Waals surface area contributed by atoms with Gasteiger partial charge in [-0.05, 0) is 24.1 Å². The molecule has 0 unspecified atom stereocenters. The molecule has 0 spiro atoms. The van der Waals surface area contributed by atoms with Crippen LogP contribution in [0.5, 0.6) is 5.75 Å². The summed E-state index contributed by atoms with van der Waals surface area (Å²) < 4.78 is 20.6. The molecule has 0 aromatic heterocycles. The molecule has 6 heteroatoms. The molecule has 0 saturated heterocycles. The number of hydrogen-bond acceptors (Lipinski definition) is 3. The molecular weight excluding hydrogens is 215 g/mol. The maximum atomic E-state index is 10.8. The summed E-state index contributed by atoms with van der Waals surface area (Å²) in [6.07, 6.45) is 0.613. The molecule has 0 saturated carbocycles. The predicted molar refractivity (Wildman–Crippen MR) is 58.6 cm³/mol. The first kappa shape index (κ1) is 12.2. The zero-order valence-corrected chi connectivity index (χ0v) is 9.44. The Balaban J connectivity index is 2.41. The fourth-order valence-electron chi connectivity index (χ4n) is 1.10. The maximum Gasteiger partial charge on any atom is 0.335 e. The van der Waals surface area contributed by atoms with Crippen LogP contribution in [-0.2, 0) is 15.5 Å². The topological polar surface area (TPSA) is 87.6 Å². The highest BCUT2D eigenvalue weighted by Crippen LogP contribution is 2.26. The van der Waals surface area contributed by atoms with Gasteiger partial charge in [0.25, 0.3) is 0 Å². The van der Waals surface area contributed by atoms with Crippen molar-refractivity contribution in [1.82, 2.24) is 0 Å². The Morgan fingerprint density at radius 1 is 1.27 bits per heavy atom. The van der Waals surface area contributed by atoms with Crippen LogP contribution in [0.2, 0.25) is 0 Å². The van der Waals surface area contributed by atoms with Crippen LogP contribution < -0.4 is 15.7 Å². The molecule has 1 aromatic carbocycles. The van der Waals surface area contributed by atoms with Gasteiger partial charge in [-0.1, -0.05) is 12.1 Å². The Bertz CT molecular complexity index is 347. The van der Waals surface area contributed by atoms with Crippen LogP contribution in [0.25, 0.3) is 0 Å². The van der Waals surface area contributed by atoms with Crippen LogP contribution in [0.3, 0.4) is 0 Å². The molecule has 0 aliphatic heterocycles. The van der Waals surface area contributed by atoms with E-state index in [2.05, 4.69) is 0 Å². The van der Waals surface area contributed by atoms with Crippen molar-refractivity contribution in [2.45, 2.75) is 6.42 Å². The van der Waals surface area contributed by atoms with Gasteiger partial charge in [-0.15, -0.1) is 0 Å². The summed E-state index contributed by atoms with van der Waals surface area (Å²) in [7, 11) is -1.73. The number of benzene rings is 1. The number of hydrogen-bond donors (Lipinski definition) is 2. The first-order chi connectivity index (χ1) is 7.01. The summed E-state index contributed by atoms with van der Waals surface area (Å²) in [5, 5.41) is 0. The van der Waals surface area contributed by atoms with Crippen LogP contribution >= 0.6 is 7.67 Å². The van der Waals surface area contributed by atoms with Crippen molar-refractivity contribution < 1.29 is 13.8 Å². The van der Waals surface area contributed by atoms with Gasteiger partial charge in [-0.3, -0.25) is 4.57 Å². The summed E-state index contributed by atoms with van der Waals surface area (Å²) in [4.78, 5) is 0. The average Bonchev–Trinajstić information content (AvgIpc) is 2.17. The number of methoxy groups -OCH3 is 1. The standard InChI is InChI=1S/C9H15N2O3P/c1-13-9-4-2-8(3-5-9)6-7-14-15(10,11)12/h2-5H,6-7H2,1H3,(H4,10,11,12). The first-order valence-corrected chi connectivity index (χ1v) is 6.22. The van der Waals surface area contributed by atoms with E-state index in [1.807, 2.05) is 24.3 Å². The van der Waals surface area contributed by atoms with E-state index in [1.54, 1.807) is 7.11 Å². The summed E-state index contributed by atoms with van der Waals surface area (Å²) in [5.41, 5.74) is 11.1. The molecule has 0 aliphatic rings. The van der Waals surface area contributed by atoms with Crippen molar-refractivity contribution in [3.05, 3.63) is 29.8 Å².